The van der Waals surface area contributed by atoms with Gasteiger partial charge in [0.05, 0.1) is 17.7 Å². The lowest BCUT2D eigenvalue weighted by Crippen LogP contribution is -2.44. The maximum absolute atomic E-state index is 11.7. The molecule has 1 saturated carbocycles. The lowest BCUT2D eigenvalue weighted by Gasteiger charge is -2.38. The van der Waals surface area contributed by atoms with Gasteiger partial charge in [-0.15, -0.1) is 0 Å². The van der Waals surface area contributed by atoms with Crippen LogP contribution in [0.3, 0.4) is 0 Å². The minimum atomic E-state index is -0.835. The molecule has 1 N–H and O–H groups in total. The van der Waals surface area contributed by atoms with Gasteiger partial charge in [0.25, 0.3) is 0 Å². The minimum Gasteiger partial charge on any atom is -0.501 e. The molecule has 25 heavy (non-hydrogen) atoms. The SMILES string of the molecule is COC(=O)c1ccc(N2CCC(N(C)C3CC3)CC2)c(O)c1[N+](=O)[O-]. The maximum Gasteiger partial charge on any atom is 0.345 e. The zero-order chi connectivity index (χ0) is 18.1. The van der Waals surface area contributed by atoms with E-state index in [4.69, 9.17) is 0 Å². The van der Waals surface area contributed by atoms with Crippen LogP contribution in [-0.2, 0) is 4.74 Å². The number of benzene rings is 1. The zero-order valence-electron chi connectivity index (χ0n) is 14.5. The predicted octanol–water partition coefficient (Wildman–Crippen LogP) is 2.15. The van der Waals surface area contributed by atoms with Crippen molar-refractivity contribution in [3.63, 3.8) is 0 Å². The average molecular weight is 349 g/mol. The Morgan fingerprint density at radius 2 is 1.88 bits per heavy atom. The molecule has 1 heterocycles. The number of carbonyl (C=O) groups excluding carboxylic acids is 1. The van der Waals surface area contributed by atoms with E-state index in [2.05, 4.69) is 16.7 Å². The molecule has 2 fully saturated rings. The van der Waals surface area contributed by atoms with Crippen molar-refractivity contribution in [1.82, 2.24) is 4.90 Å². The number of rotatable bonds is 5. The summed E-state index contributed by atoms with van der Waals surface area (Å²) in [5.74, 6) is -1.31. The van der Waals surface area contributed by atoms with Crippen molar-refractivity contribution in [2.75, 3.05) is 32.1 Å². The van der Waals surface area contributed by atoms with Gasteiger partial charge in [-0.1, -0.05) is 0 Å². The van der Waals surface area contributed by atoms with Crippen molar-refractivity contribution in [2.45, 2.75) is 37.8 Å². The summed E-state index contributed by atoms with van der Waals surface area (Å²) in [6, 6.07) is 4.11. The third kappa shape index (κ3) is 3.39. The highest BCUT2D eigenvalue weighted by molar-refractivity contribution is 5.96. The summed E-state index contributed by atoms with van der Waals surface area (Å²) in [6.07, 6.45) is 4.41. The molecule has 2 aliphatic rings. The predicted molar refractivity (Wildman–Crippen MR) is 92.1 cm³/mol. The van der Waals surface area contributed by atoms with E-state index in [1.54, 1.807) is 6.07 Å². The fraction of sp³-hybridized carbons (Fsp3) is 0.588. The second kappa shape index (κ2) is 6.87. The molecule has 0 amide bonds. The first-order chi connectivity index (χ1) is 11.9. The summed E-state index contributed by atoms with van der Waals surface area (Å²) in [6.45, 7) is 1.42. The van der Waals surface area contributed by atoms with E-state index in [-0.39, 0.29) is 5.56 Å². The molecule has 0 radical (unpaired) electrons. The van der Waals surface area contributed by atoms with Gasteiger partial charge >= 0.3 is 11.7 Å². The largest absolute Gasteiger partial charge is 0.501 e. The van der Waals surface area contributed by atoms with Crippen molar-refractivity contribution in [1.29, 1.82) is 0 Å². The quantitative estimate of drug-likeness (QED) is 0.494. The van der Waals surface area contributed by atoms with E-state index in [1.807, 2.05) is 4.90 Å². The van der Waals surface area contributed by atoms with Crippen LogP contribution < -0.4 is 4.90 Å². The first-order valence-electron chi connectivity index (χ1n) is 8.49. The molecule has 0 unspecified atom stereocenters. The smallest absolute Gasteiger partial charge is 0.345 e. The van der Waals surface area contributed by atoms with Crippen molar-refractivity contribution >= 4 is 17.3 Å². The summed E-state index contributed by atoms with van der Waals surface area (Å²) >= 11 is 0. The van der Waals surface area contributed by atoms with Gasteiger partial charge in [-0.25, -0.2) is 4.79 Å². The number of nitro groups is 1. The molecular formula is C17H23N3O5. The van der Waals surface area contributed by atoms with Gasteiger partial charge in [-0.2, -0.15) is 0 Å². The third-order valence-electron chi connectivity index (χ3n) is 5.22. The van der Waals surface area contributed by atoms with Gasteiger partial charge in [0.2, 0.25) is 5.75 Å². The van der Waals surface area contributed by atoms with Crippen LogP contribution in [0.5, 0.6) is 5.75 Å². The van der Waals surface area contributed by atoms with E-state index in [0.29, 0.717) is 30.9 Å². The van der Waals surface area contributed by atoms with Crippen LogP contribution in [0.2, 0.25) is 0 Å². The second-order valence-corrected chi connectivity index (χ2v) is 6.69. The number of aromatic hydroxyl groups is 1. The fourth-order valence-corrected chi connectivity index (χ4v) is 3.58. The van der Waals surface area contributed by atoms with Crippen molar-refractivity contribution in [2.24, 2.45) is 0 Å². The number of carbonyl (C=O) groups is 1. The highest BCUT2D eigenvalue weighted by Crippen LogP contribution is 2.40. The summed E-state index contributed by atoms with van der Waals surface area (Å²) in [7, 11) is 3.31. The first-order valence-corrected chi connectivity index (χ1v) is 8.49. The van der Waals surface area contributed by atoms with E-state index >= 15 is 0 Å². The van der Waals surface area contributed by atoms with E-state index in [9.17, 15) is 20.0 Å². The number of nitro benzene ring substituents is 1. The summed E-state index contributed by atoms with van der Waals surface area (Å²) in [5, 5.41) is 21.7. The van der Waals surface area contributed by atoms with Gasteiger partial charge in [0.15, 0.2) is 0 Å². The Balaban J connectivity index is 1.80. The van der Waals surface area contributed by atoms with Crippen LogP contribution in [0.4, 0.5) is 11.4 Å². The Morgan fingerprint density at radius 3 is 2.40 bits per heavy atom. The number of hydrogen-bond acceptors (Lipinski definition) is 7. The van der Waals surface area contributed by atoms with Gasteiger partial charge in [0, 0.05) is 25.2 Å². The lowest BCUT2D eigenvalue weighted by atomic mass is 10.0. The van der Waals surface area contributed by atoms with Crippen molar-refractivity contribution in [3.05, 3.63) is 27.8 Å². The van der Waals surface area contributed by atoms with Gasteiger partial charge in [0.1, 0.15) is 5.56 Å². The molecular weight excluding hydrogens is 326 g/mol. The minimum absolute atomic E-state index is 0.239. The average Bonchev–Trinajstić information content (AvgIpc) is 3.45. The molecule has 0 spiro atoms. The summed E-state index contributed by atoms with van der Waals surface area (Å²) in [4.78, 5) is 26.7. The highest BCUT2D eigenvalue weighted by atomic mass is 16.6. The normalized spacial score (nSPS) is 18.4. The number of phenols is 1. The summed E-state index contributed by atoms with van der Waals surface area (Å²) < 4.78 is 4.56. The zero-order valence-corrected chi connectivity index (χ0v) is 14.5. The molecule has 1 aromatic rings. The number of nitrogens with zero attached hydrogens (tertiary/aromatic N) is 3. The molecule has 0 atom stereocenters. The molecule has 1 aliphatic carbocycles. The Morgan fingerprint density at radius 1 is 1.28 bits per heavy atom. The fourth-order valence-electron chi connectivity index (χ4n) is 3.58. The van der Waals surface area contributed by atoms with Crippen molar-refractivity contribution < 1.29 is 19.6 Å². The van der Waals surface area contributed by atoms with E-state index < -0.39 is 22.3 Å². The molecule has 8 heteroatoms. The van der Waals surface area contributed by atoms with Gasteiger partial charge in [-0.05, 0) is 44.9 Å². The number of piperidine rings is 1. The van der Waals surface area contributed by atoms with Gasteiger partial charge < -0.3 is 19.6 Å². The van der Waals surface area contributed by atoms with Crippen molar-refractivity contribution in [3.8, 4) is 5.75 Å². The van der Waals surface area contributed by atoms with Crippen LogP contribution in [-0.4, -0.2) is 60.2 Å². The topological polar surface area (TPSA) is 96.2 Å². The van der Waals surface area contributed by atoms with Crippen LogP contribution in [0, 0.1) is 10.1 Å². The number of methoxy groups -OCH3 is 1. The number of esters is 1. The van der Waals surface area contributed by atoms with Crippen LogP contribution in [0.15, 0.2) is 12.1 Å². The number of phenolic OH excluding ortho intramolecular Hbond substituents is 1. The molecule has 1 saturated heterocycles. The Labute approximate surface area is 146 Å². The standard InChI is InChI=1S/C17H23N3O5/c1-18(11-3-4-11)12-7-9-19(10-8-12)14-6-5-13(17(22)25-2)15(16(14)21)20(23)24/h5-6,11-12,21H,3-4,7-10H2,1-2H3. The highest BCUT2D eigenvalue weighted by Gasteiger charge is 2.34. The molecule has 1 aliphatic heterocycles. The van der Waals surface area contributed by atoms with E-state index in [0.717, 1.165) is 20.0 Å². The third-order valence-corrected chi connectivity index (χ3v) is 5.22. The Hall–Kier alpha value is -2.35. The Kier molecular flexibility index (Phi) is 4.80. The molecule has 3 rings (SSSR count). The van der Waals surface area contributed by atoms with Crippen LogP contribution in [0.1, 0.15) is 36.0 Å². The Bertz CT molecular complexity index is 681. The monoisotopic (exact) mass is 349 g/mol. The lowest BCUT2D eigenvalue weighted by molar-refractivity contribution is -0.386. The number of anilines is 1. The molecule has 0 aromatic heterocycles. The molecule has 136 valence electrons. The maximum atomic E-state index is 11.7. The van der Waals surface area contributed by atoms with E-state index in [1.165, 1.54) is 18.9 Å². The first kappa shape index (κ1) is 17.5. The van der Waals surface area contributed by atoms with Crippen LogP contribution in [0.25, 0.3) is 0 Å². The number of ether oxygens (including phenoxy) is 1. The molecule has 0 bridgehead atoms. The molecule has 1 aromatic carbocycles. The number of hydrogen-bond donors (Lipinski definition) is 1. The molecule has 8 nitrogen and oxygen atoms in total. The van der Waals surface area contributed by atoms with Gasteiger partial charge in [-0.3, -0.25) is 10.1 Å². The van der Waals surface area contributed by atoms with Crippen LogP contribution >= 0.6 is 0 Å². The summed E-state index contributed by atoms with van der Waals surface area (Å²) in [5.41, 5.74) is -0.439. The second-order valence-electron chi connectivity index (χ2n) is 6.69.